The molecule has 0 radical (unpaired) electrons. The SMILES string of the molecule is CC1CN2CCCC2CN1c1c(Cl)cccc1CCN. The van der Waals surface area contributed by atoms with Gasteiger partial charge in [-0.05, 0) is 50.9 Å². The Morgan fingerprint density at radius 2 is 2.20 bits per heavy atom. The Balaban J connectivity index is 1.91. The van der Waals surface area contributed by atoms with E-state index in [1.54, 1.807) is 0 Å². The minimum Gasteiger partial charge on any atom is -0.365 e. The standard InChI is InChI=1S/C16H24ClN3/c1-12-10-19-9-3-5-14(19)11-20(12)16-13(7-8-18)4-2-6-15(16)17/h2,4,6,12,14H,3,5,7-11,18H2,1H3. The molecule has 2 aliphatic rings. The monoisotopic (exact) mass is 293 g/mol. The van der Waals surface area contributed by atoms with E-state index >= 15 is 0 Å². The molecule has 3 rings (SSSR count). The Hall–Kier alpha value is -0.770. The second kappa shape index (κ2) is 5.92. The predicted molar refractivity (Wildman–Crippen MR) is 85.6 cm³/mol. The summed E-state index contributed by atoms with van der Waals surface area (Å²) in [6.45, 7) is 6.50. The third kappa shape index (κ3) is 2.54. The summed E-state index contributed by atoms with van der Waals surface area (Å²) in [4.78, 5) is 5.15. The van der Waals surface area contributed by atoms with Gasteiger partial charge in [-0.1, -0.05) is 23.7 Å². The highest BCUT2D eigenvalue weighted by molar-refractivity contribution is 6.33. The quantitative estimate of drug-likeness (QED) is 0.929. The van der Waals surface area contributed by atoms with E-state index in [1.165, 1.54) is 30.6 Å². The fourth-order valence-electron chi connectivity index (χ4n) is 3.74. The molecule has 110 valence electrons. The summed E-state index contributed by atoms with van der Waals surface area (Å²) in [5, 5.41) is 0.870. The van der Waals surface area contributed by atoms with Gasteiger partial charge in [0.1, 0.15) is 0 Å². The van der Waals surface area contributed by atoms with Crippen LogP contribution in [0.4, 0.5) is 5.69 Å². The second-order valence-electron chi connectivity index (χ2n) is 6.08. The molecule has 3 nitrogen and oxygen atoms in total. The van der Waals surface area contributed by atoms with Gasteiger partial charge in [0.2, 0.25) is 0 Å². The zero-order valence-electron chi connectivity index (χ0n) is 12.2. The van der Waals surface area contributed by atoms with E-state index in [4.69, 9.17) is 17.3 Å². The van der Waals surface area contributed by atoms with E-state index in [0.29, 0.717) is 18.6 Å². The van der Waals surface area contributed by atoms with Gasteiger partial charge in [0, 0.05) is 25.2 Å². The van der Waals surface area contributed by atoms with Crippen LogP contribution in [0.25, 0.3) is 0 Å². The lowest BCUT2D eigenvalue weighted by Gasteiger charge is -2.44. The molecule has 2 atom stereocenters. The lowest BCUT2D eigenvalue weighted by molar-refractivity contribution is 0.203. The maximum atomic E-state index is 6.51. The lowest BCUT2D eigenvalue weighted by atomic mass is 10.0. The van der Waals surface area contributed by atoms with E-state index in [0.717, 1.165) is 24.5 Å². The van der Waals surface area contributed by atoms with Crippen molar-refractivity contribution in [1.82, 2.24) is 4.90 Å². The van der Waals surface area contributed by atoms with Gasteiger partial charge in [0.25, 0.3) is 0 Å². The summed E-state index contributed by atoms with van der Waals surface area (Å²) >= 11 is 6.51. The first-order valence-electron chi connectivity index (χ1n) is 7.69. The van der Waals surface area contributed by atoms with Gasteiger partial charge in [-0.25, -0.2) is 0 Å². The number of nitrogens with zero attached hydrogens (tertiary/aromatic N) is 2. The average Bonchev–Trinajstić information content (AvgIpc) is 2.86. The van der Waals surface area contributed by atoms with Gasteiger partial charge in [0.15, 0.2) is 0 Å². The van der Waals surface area contributed by atoms with Crippen LogP contribution in [0.15, 0.2) is 18.2 Å². The third-order valence-corrected chi connectivity index (χ3v) is 5.01. The fraction of sp³-hybridized carbons (Fsp3) is 0.625. The van der Waals surface area contributed by atoms with Crippen molar-refractivity contribution in [2.75, 3.05) is 31.1 Å². The van der Waals surface area contributed by atoms with Crippen molar-refractivity contribution >= 4 is 17.3 Å². The van der Waals surface area contributed by atoms with Crippen LogP contribution in [0.3, 0.4) is 0 Å². The number of para-hydroxylation sites is 1. The van der Waals surface area contributed by atoms with Crippen molar-refractivity contribution in [3.63, 3.8) is 0 Å². The number of hydrogen-bond acceptors (Lipinski definition) is 3. The highest BCUT2D eigenvalue weighted by Gasteiger charge is 2.35. The summed E-state index contributed by atoms with van der Waals surface area (Å²) in [6, 6.07) is 7.42. The van der Waals surface area contributed by atoms with Crippen LogP contribution in [0.1, 0.15) is 25.3 Å². The van der Waals surface area contributed by atoms with Crippen molar-refractivity contribution in [3.8, 4) is 0 Å². The van der Waals surface area contributed by atoms with Gasteiger partial charge in [-0.15, -0.1) is 0 Å². The molecular weight excluding hydrogens is 270 g/mol. The zero-order valence-corrected chi connectivity index (χ0v) is 12.9. The molecule has 0 saturated carbocycles. The Kier molecular flexibility index (Phi) is 4.20. The van der Waals surface area contributed by atoms with E-state index in [2.05, 4.69) is 22.8 Å². The number of fused-ring (bicyclic) bond motifs is 1. The van der Waals surface area contributed by atoms with Gasteiger partial charge < -0.3 is 10.6 Å². The number of rotatable bonds is 3. The van der Waals surface area contributed by atoms with Crippen molar-refractivity contribution in [2.45, 2.75) is 38.3 Å². The Morgan fingerprint density at radius 1 is 1.35 bits per heavy atom. The Labute approximate surface area is 126 Å². The molecule has 1 aromatic rings. The molecule has 0 spiro atoms. The fourth-order valence-corrected chi connectivity index (χ4v) is 4.04. The minimum atomic E-state index is 0.515. The molecule has 2 unspecified atom stereocenters. The molecule has 0 aromatic heterocycles. The number of benzene rings is 1. The molecule has 2 N–H and O–H groups in total. The summed E-state index contributed by atoms with van der Waals surface area (Å²) in [7, 11) is 0. The molecule has 0 amide bonds. The largest absolute Gasteiger partial charge is 0.365 e. The zero-order chi connectivity index (χ0) is 14.1. The molecular formula is C16H24ClN3. The van der Waals surface area contributed by atoms with E-state index in [1.807, 2.05) is 12.1 Å². The van der Waals surface area contributed by atoms with Crippen LogP contribution in [-0.2, 0) is 6.42 Å². The normalized spacial score (nSPS) is 26.9. The lowest BCUT2D eigenvalue weighted by Crippen LogP contribution is -2.55. The van der Waals surface area contributed by atoms with Crippen molar-refractivity contribution in [1.29, 1.82) is 0 Å². The number of halogens is 1. The van der Waals surface area contributed by atoms with Crippen molar-refractivity contribution in [3.05, 3.63) is 28.8 Å². The highest BCUT2D eigenvalue weighted by Crippen LogP contribution is 2.35. The van der Waals surface area contributed by atoms with Crippen LogP contribution in [0, 0.1) is 0 Å². The molecule has 0 aliphatic carbocycles. The number of nitrogens with two attached hydrogens (primary N) is 1. The van der Waals surface area contributed by atoms with Gasteiger partial charge in [0.05, 0.1) is 10.7 Å². The first-order valence-corrected chi connectivity index (χ1v) is 8.06. The molecule has 2 fully saturated rings. The van der Waals surface area contributed by atoms with Crippen LogP contribution in [0.5, 0.6) is 0 Å². The molecule has 2 saturated heterocycles. The van der Waals surface area contributed by atoms with Crippen LogP contribution >= 0.6 is 11.6 Å². The topological polar surface area (TPSA) is 32.5 Å². The molecule has 2 aliphatic heterocycles. The number of anilines is 1. The number of hydrogen-bond donors (Lipinski definition) is 1. The van der Waals surface area contributed by atoms with Gasteiger partial charge in [-0.2, -0.15) is 0 Å². The molecule has 2 heterocycles. The summed E-state index contributed by atoms with van der Waals surface area (Å²) in [5.41, 5.74) is 8.27. The molecule has 20 heavy (non-hydrogen) atoms. The molecule has 0 bridgehead atoms. The summed E-state index contributed by atoms with van der Waals surface area (Å²) in [5.74, 6) is 0. The van der Waals surface area contributed by atoms with Crippen molar-refractivity contribution < 1.29 is 0 Å². The van der Waals surface area contributed by atoms with Crippen molar-refractivity contribution in [2.24, 2.45) is 5.73 Å². The highest BCUT2D eigenvalue weighted by atomic mass is 35.5. The third-order valence-electron chi connectivity index (χ3n) is 4.71. The second-order valence-corrected chi connectivity index (χ2v) is 6.49. The van der Waals surface area contributed by atoms with E-state index in [-0.39, 0.29) is 0 Å². The van der Waals surface area contributed by atoms with Gasteiger partial charge >= 0.3 is 0 Å². The predicted octanol–water partition coefficient (Wildman–Crippen LogP) is 2.51. The van der Waals surface area contributed by atoms with Crippen LogP contribution in [0.2, 0.25) is 5.02 Å². The molecule has 1 aromatic carbocycles. The van der Waals surface area contributed by atoms with Crippen LogP contribution in [-0.4, -0.2) is 43.2 Å². The van der Waals surface area contributed by atoms with E-state index in [9.17, 15) is 0 Å². The minimum absolute atomic E-state index is 0.515. The first-order chi connectivity index (χ1) is 9.70. The Bertz CT molecular complexity index is 477. The Morgan fingerprint density at radius 3 is 3.00 bits per heavy atom. The maximum absolute atomic E-state index is 6.51. The molecule has 4 heteroatoms. The maximum Gasteiger partial charge on any atom is 0.0642 e. The first kappa shape index (κ1) is 14.2. The average molecular weight is 294 g/mol. The van der Waals surface area contributed by atoms with Crippen LogP contribution < -0.4 is 10.6 Å². The summed E-state index contributed by atoms with van der Waals surface area (Å²) < 4.78 is 0. The smallest absolute Gasteiger partial charge is 0.0642 e. The van der Waals surface area contributed by atoms with E-state index < -0.39 is 0 Å². The van der Waals surface area contributed by atoms with Gasteiger partial charge in [-0.3, -0.25) is 4.90 Å². The number of piperazine rings is 1. The summed E-state index contributed by atoms with van der Waals surface area (Å²) in [6.07, 6.45) is 3.55.